The molecule has 0 saturated heterocycles. The molecule has 0 rings (SSSR count). The Labute approximate surface area is 105 Å². The molecule has 0 amide bonds. The van der Waals surface area contributed by atoms with Gasteiger partial charge in [0, 0.05) is 11.1 Å². The summed E-state index contributed by atoms with van der Waals surface area (Å²) >= 11 is 1.45. The number of hydrogen-bond acceptors (Lipinski definition) is 1. The van der Waals surface area contributed by atoms with Crippen LogP contribution in [-0.2, 0) is 0 Å². The quantitative estimate of drug-likeness (QED) is 0.772. The molecular weight excluding hydrogens is 277 g/mol. The summed E-state index contributed by atoms with van der Waals surface area (Å²) in [5, 5.41) is 3.46. The van der Waals surface area contributed by atoms with E-state index in [1.165, 1.54) is 39.8 Å². The van der Waals surface area contributed by atoms with Crippen molar-refractivity contribution in [1.29, 1.82) is 0 Å². The van der Waals surface area contributed by atoms with Gasteiger partial charge in [-0.05, 0) is 41.5 Å². The summed E-state index contributed by atoms with van der Waals surface area (Å²) in [6.45, 7) is 15.3. The monoisotopic (exact) mass is 307 g/mol. The average Bonchev–Trinajstić information content (AvgIpc) is 1.81. The molecule has 86 valence electrons. The Morgan fingerprint density at radius 1 is 0.929 bits per heavy atom. The summed E-state index contributed by atoms with van der Waals surface area (Å²) < 4.78 is 1.47. The molecule has 0 aromatic carbocycles. The van der Waals surface area contributed by atoms with Gasteiger partial charge in [-0.25, -0.2) is 0 Å². The Balaban J connectivity index is 0. The molecule has 0 atom stereocenters. The first-order valence-corrected chi connectivity index (χ1v) is 7.95. The Hall–Kier alpha value is 0.759. The first kappa shape index (κ1) is 17.2. The molecule has 0 aliphatic carbocycles. The van der Waals surface area contributed by atoms with Gasteiger partial charge in [-0.3, -0.25) is 0 Å². The molecule has 2 heteroatoms. The van der Waals surface area contributed by atoms with Crippen molar-refractivity contribution in [3.8, 4) is 0 Å². The van der Waals surface area contributed by atoms with Crippen molar-refractivity contribution in [1.82, 2.24) is 5.32 Å². The standard InChI is InChI=1S/C8H19N.C4H9.Sn.H/c1-7(2,3)9-8(4,5)6;1-3-4-2;;/h9H,1-6H3;1,3-4H2,2H3;;. The van der Waals surface area contributed by atoms with Crippen molar-refractivity contribution in [2.24, 2.45) is 0 Å². The van der Waals surface area contributed by atoms with Crippen LogP contribution in [0.3, 0.4) is 0 Å². The molecule has 0 aliphatic heterocycles. The summed E-state index contributed by atoms with van der Waals surface area (Å²) in [5.41, 5.74) is 0.469. The third-order valence-corrected chi connectivity index (χ3v) is 2.47. The van der Waals surface area contributed by atoms with Gasteiger partial charge in [0.25, 0.3) is 0 Å². The summed E-state index contributed by atoms with van der Waals surface area (Å²) in [4.78, 5) is 0. The predicted molar refractivity (Wildman–Crippen MR) is 69.5 cm³/mol. The molecular formula is C12H29NSn. The molecule has 0 spiro atoms. The van der Waals surface area contributed by atoms with Gasteiger partial charge in [0.15, 0.2) is 0 Å². The van der Waals surface area contributed by atoms with Gasteiger partial charge in [-0.15, -0.1) is 0 Å². The Morgan fingerprint density at radius 2 is 1.29 bits per heavy atom. The van der Waals surface area contributed by atoms with E-state index in [0.717, 1.165) is 0 Å². The van der Waals surface area contributed by atoms with Crippen molar-refractivity contribution >= 4 is 22.5 Å². The first-order chi connectivity index (χ1) is 6.12. The van der Waals surface area contributed by atoms with Crippen LogP contribution >= 0.6 is 0 Å². The van der Waals surface area contributed by atoms with Gasteiger partial charge in [0.2, 0.25) is 0 Å². The van der Waals surface area contributed by atoms with E-state index in [1.54, 1.807) is 0 Å². The predicted octanol–water partition coefficient (Wildman–Crippen LogP) is 3.28. The van der Waals surface area contributed by atoms with E-state index in [0.29, 0.717) is 0 Å². The second kappa shape index (κ2) is 7.97. The van der Waals surface area contributed by atoms with E-state index < -0.39 is 0 Å². The summed E-state index contributed by atoms with van der Waals surface area (Å²) in [7, 11) is 0. The van der Waals surface area contributed by atoms with Gasteiger partial charge in [-0.1, -0.05) is 0 Å². The first-order valence-electron chi connectivity index (χ1n) is 5.62. The van der Waals surface area contributed by atoms with E-state index in [2.05, 4.69) is 53.8 Å². The molecule has 14 heavy (non-hydrogen) atoms. The topological polar surface area (TPSA) is 12.0 Å². The zero-order valence-electron chi connectivity index (χ0n) is 11.2. The summed E-state index contributed by atoms with van der Waals surface area (Å²) in [6.07, 6.45) is 2.82. The van der Waals surface area contributed by atoms with Crippen LogP contribution in [0, 0.1) is 0 Å². The van der Waals surface area contributed by atoms with Crippen LogP contribution in [0.15, 0.2) is 0 Å². The van der Waals surface area contributed by atoms with E-state index in [9.17, 15) is 0 Å². The second-order valence-electron chi connectivity index (χ2n) is 5.77. The molecule has 1 N–H and O–H groups in total. The van der Waals surface area contributed by atoms with Gasteiger partial charge in [-0.2, -0.15) is 0 Å². The van der Waals surface area contributed by atoms with Gasteiger partial charge >= 0.3 is 46.7 Å². The van der Waals surface area contributed by atoms with Crippen LogP contribution in [0.2, 0.25) is 4.44 Å². The summed E-state index contributed by atoms with van der Waals surface area (Å²) in [6, 6.07) is 0. The SMILES string of the molecule is CC(C)(C)NC(C)(C)C.CCC[CH2][SnH]. The number of hydrogen-bond donors (Lipinski definition) is 1. The average molecular weight is 306 g/mol. The summed E-state index contributed by atoms with van der Waals surface area (Å²) in [5.74, 6) is 0. The fourth-order valence-corrected chi connectivity index (χ4v) is 2.49. The third-order valence-electron chi connectivity index (χ3n) is 1.31. The Bertz CT molecular complexity index is 105. The fraction of sp³-hybridized carbons (Fsp3) is 1.00. The molecule has 0 bridgehead atoms. The molecule has 0 aliphatic rings. The number of rotatable bonds is 2. The second-order valence-corrected chi connectivity index (χ2v) is 7.42. The molecule has 2 radical (unpaired) electrons. The van der Waals surface area contributed by atoms with Gasteiger partial charge in [0.05, 0.1) is 0 Å². The molecule has 0 fully saturated rings. The minimum absolute atomic E-state index is 0.234. The zero-order chi connectivity index (χ0) is 11.8. The van der Waals surface area contributed by atoms with Crippen molar-refractivity contribution < 1.29 is 0 Å². The number of nitrogens with one attached hydrogen (secondary N) is 1. The third kappa shape index (κ3) is 23.0. The fourth-order valence-electron chi connectivity index (χ4n) is 1.33. The van der Waals surface area contributed by atoms with Crippen molar-refractivity contribution in [3.63, 3.8) is 0 Å². The molecule has 0 aromatic rings. The van der Waals surface area contributed by atoms with Crippen LogP contribution in [0.4, 0.5) is 0 Å². The van der Waals surface area contributed by atoms with Crippen LogP contribution in [-0.4, -0.2) is 33.6 Å². The molecule has 0 unspecified atom stereocenters. The van der Waals surface area contributed by atoms with E-state index in [1.807, 2.05) is 0 Å². The molecule has 0 aromatic heterocycles. The Morgan fingerprint density at radius 3 is 1.29 bits per heavy atom. The van der Waals surface area contributed by atoms with Gasteiger partial charge in [0.1, 0.15) is 0 Å². The minimum atomic E-state index is 0.234. The van der Waals surface area contributed by atoms with Crippen LogP contribution in [0.25, 0.3) is 0 Å². The van der Waals surface area contributed by atoms with Crippen molar-refractivity contribution in [2.75, 3.05) is 0 Å². The van der Waals surface area contributed by atoms with Crippen molar-refractivity contribution in [3.05, 3.63) is 0 Å². The zero-order valence-corrected chi connectivity index (χ0v) is 14.5. The normalized spacial score (nSPS) is 12.0. The molecule has 0 saturated carbocycles. The Kier molecular flexibility index (Phi) is 9.78. The maximum absolute atomic E-state index is 3.46. The van der Waals surface area contributed by atoms with Crippen LogP contribution < -0.4 is 5.32 Å². The van der Waals surface area contributed by atoms with E-state index in [4.69, 9.17) is 0 Å². The number of unbranched alkanes of at least 4 members (excludes halogenated alkanes) is 1. The van der Waals surface area contributed by atoms with E-state index >= 15 is 0 Å². The van der Waals surface area contributed by atoms with Gasteiger partial charge < -0.3 is 5.32 Å². The van der Waals surface area contributed by atoms with Crippen molar-refractivity contribution in [2.45, 2.75) is 76.8 Å². The van der Waals surface area contributed by atoms with Crippen LogP contribution in [0.1, 0.15) is 61.3 Å². The van der Waals surface area contributed by atoms with E-state index in [-0.39, 0.29) is 11.1 Å². The molecule has 0 heterocycles. The molecule has 1 nitrogen and oxygen atoms in total. The van der Waals surface area contributed by atoms with Crippen LogP contribution in [0.5, 0.6) is 0 Å². The maximum atomic E-state index is 3.46.